The Morgan fingerprint density at radius 3 is 2.73 bits per heavy atom. The van der Waals surface area contributed by atoms with E-state index in [4.69, 9.17) is 0 Å². The zero-order valence-electron chi connectivity index (χ0n) is 12.1. The number of carbonyl (C=O) groups is 1. The van der Waals surface area contributed by atoms with Crippen LogP contribution in [0.3, 0.4) is 0 Å². The molecule has 1 amide bonds. The highest BCUT2D eigenvalue weighted by Crippen LogP contribution is 2.26. The number of carbonyl (C=O) groups excluding carboxylic acids is 1. The maximum absolute atomic E-state index is 12.3. The van der Waals surface area contributed by atoms with Crippen LogP contribution < -0.4 is 9.62 Å². The Labute approximate surface area is 133 Å². The second kappa shape index (κ2) is 5.73. The number of nitrogens with one attached hydrogen (secondary N) is 1. The number of hydrogen-bond donors (Lipinski definition) is 1. The number of thiophene rings is 1. The highest BCUT2D eigenvalue weighted by atomic mass is 32.2. The Kier molecular flexibility index (Phi) is 3.92. The number of anilines is 2. The van der Waals surface area contributed by atoms with Gasteiger partial charge in [0, 0.05) is 17.5 Å². The number of benzene rings is 1. The van der Waals surface area contributed by atoms with Crippen molar-refractivity contribution in [2.24, 2.45) is 0 Å². The fourth-order valence-electron chi connectivity index (χ4n) is 2.52. The number of amides is 1. The van der Waals surface area contributed by atoms with E-state index in [-0.39, 0.29) is 11.7 Å². The van der Waals surface area contributed by atoms with Crippen LogP contribution >= 0.6 is 11.3 Å². The summed E-state index contributed by atoms with van der Waals surface area (Å²) in [6, 6.07) is 6.97. The zero-order chi connectivity index (χ0) is 15.7. The van der Waals surface area contributed by atoms with Gasteiger partial charge in [-0.2, -0.15) is 11.3 Å². The second-order valence-electron chi connectivity index (χ2n) is 5.21. The summed E-state index contributed by atoms with van der Waals surface area (Å²) in [7, 11) is -3.20. The van der Waals surface area contributed by atoms with Crippen molar-refractivity contribution in [2.75, 3.05) is 21.9 Å². The van der Waals surface area contributed by atoms with Gasteiger partial charge in [0.2, 0.25) is 10.0 Å². The molecule has 1 aromatic carbocycles. The first-order valence-corrected chi connectivity index (χ1v) is 9.47. The standard InChI is InChI=1S/C15H16N2O3S2/c1-11-9-13(17-6-2-8-22(17,19)20)3-4-14(11)15(18)16-12-5-7-21-10-12/h3-5,7,9-10H,2,6,8H2,1H3,(H,16,18). The molecule has 3 rings (SSSR count). The summed E-state index contributed by atoms with van der Waals surface area (Å²) in [6.45, 7) is 2.32. The lowest BCUT2D eigenvalue weighted by atomic mass is 10.1. The first kappa shape index (κ1) is 15.1. The van der Waals surface area contributed by atoms with Crippen LogP contribution in [-0.2, 0) is 10.0 Å². The largest absolute Gasteiger partial charge is 0.321 e. The average molecular weight is 336 g/mol. The van der Waals surface area contributed by atoms with E-state index < -0.39 is 10.0 Å². The summed E-state index contributed by atoms with van der Waals surface area (Å²) in [5.74, 6) is -0.00127. The molecule has 0 unspecified atom stereocenters. The third-order valence-electron chi connectivity index (χ3n) is 3.62. The lowest BCUT2D eigenvalue weighted by Crippen LogP contribution is -2.25. The number of aryl methyl sites for hydroxylation is 1. The summed E-state index contributed by atoms with van der Waals surface area (Å²) in [4.78, 5) is 12.3. The Morgan fingerprint density at radius 1 is 1.32 bits per heavy atom. The Hall–Kier alpha value is -1.86. The predicted octanol–water partition coefficient (Wildman–Crippen LogP) is 2.85. The average Bonchev–Trinajstić information content (AvgIpc) is 3.07. The van der Waals surface area contributed by atoms with Gasteiger partial charge >= 0.3 is 0 Å². The van der Waals surface area contributed by atoms with Gasteiger partial charge in [-0.05, 0) is 48.6 Å². The van der Waals surface area contributed by atoms with Crippen LogP contribution in [0.1, 0.15) is 22.3 Å². The van der Waals surface area contributed by atoms with Crippen molar-refractivity contribution in [1.29, 1.82) is 0 Å². The first-order chi connectivity index (χ1) is 10.5. The van der Waals surface area contributed by atoms with Crippen LogP contribution in [-0.4, -0.2) is 26.6 Å². The minimum Gasteiger partial charge on any atom is -0.321 e. The molecule has 1 N–H and O–H groups in total. The predicted molar refractivity (Wildman–Crippen MR) is 89.2 cm³/mol. The van der Waals surface area contributed by atoms with Crippen LogP contribution in [0.15, 0.2) is 35.0 Å². The number of hydrogen-bond acceptors (Lipinski definition) is 4. The minimum absolute atomic E-state index is 0.187. The molecule has 1 aliphatic rings. The van der Waals surface area contributed by atoms with Crippen molar-refractivity contribution in [1.82, 2.24) is 0 Å². The van der Waals surface area contributed by atoms with E-state index in [1.807, 2.05) is 23.8 Å². The topological polar surface area (TPSA) is 66.5 Å². The van der Waals surface area contributed by atoms with Crippen LogP contribution in [0.25, 0.3) is 0 Å². The molecular formula is C15H16N2O3S2. The molecule has 0 bridgehead atoms. The molecule has 1 fully saturated rings. The quantitative estimate of drug-likeness (QED) is 0.937. The van der Waals surface area contributed by atoms with Crippen LogP contribution in [0.2, 0.25) is 0 Å². The SMILES string of the molecule is Cc1cc(N2CCCS2(=O)=O)ccc1C(=O)Nc1ccsc1. The fraction of sp³-hybridized carbons (Fsp3) is 0.267. The van der Waals surface area contributed by atoms with E-state index in [9.17, 15) is 13.2 Å². The molecule has 0 atom stereocenters. The van der Waals surface area contributed by atoms with Crippen molar-refractivity contribution in [2.45, 2.75) is 13.3 Å². The van der Waals surface area contributed by atoms with Gasteiger partial charge in [-0.15, -0.1) is 0 Å². The van der Waals surface area contributed by atoms with Gasteiger partial charge in [0.15, 0.2) is 0 Å². The van der Waals surface area contributed by atoms with Gasteiger partial charge in [0.05, 0.1) is 17.1 Å². The van der Waals surface area contributed by atoms with Crippen LogP contribution in [0.5, 0.6) is 0 Å². The van der Waals surface area contributed by atoms with E-state index in [1.54, 1.807) is 18.2 Å². The van der Waals surface area contributed by atoms with Crippen molar-refractivity contribution < 1.29 is 13.2 Å². The molecule has 1 aliphatic heterocycles. The summed E-state index contributed by atoms with van der Waals surface area (Å²) in [6.07, 6.45) is 0.641. The highest BCUT2D eigenvalue weighted by Gasteiger charge is 2.28. The van der Waals surface area contributed by atoms with E-state index >= 15 is 0 Å². The molecule has 0 aliphatic carbocycles. The van der Waals surface area contributed by atoms with Crippen molar-refractivity contribution in [3.63, 3.8) is 0 Å². The van der Waals surface area contributed by atoms with Crippen molar-refractivity contribution in [3.05, 3.63) is 46.2 Å². The summed E-state index contributed by atoms with van der Waals surface area (Å²) < 4.78 is 25.3. The first-order valence-electron chi connectivity index (χ1n) is 6.92. The molecule has 116 valence electrons. The summed E-state index contributed by atoms with van der Waals surface area (Å²) in [5.41, 5.74) is 2.70. The monoisotopic (exact) mass is 336 g/mol. The molecule has 1 aromatic heterocycles. The normalized spacial score (nSPS) is 16.7. The Bertz CT molecular complexity index is 798. The highest BCUT2D eigenvalue weighted by molar-refractivity contribution is 7.93. The van der Waals surface area contributed by atoms with Crippen LogP contribution in [0.4, 0.5) is 11.4 Å². The summed E-state index contributed by atoms with van der Waals surface area (Å²) in [5, 5.41) is 6.58. The van der Waals surface area contributed by atoms with Gasteiger partial charge in [0.25, 0.3) is 5.91 Å². The maximum atomic E-state index is 12.3. The van der Waals surface area contributed by atoms with Crippen molar-refractivity contribution >= 4 is 38.6 Å². The van der Waals surface area contributed by atoms with E-state index in [2.05, 4.69) is 5.32 Å². The second-order valence-corrected chi connectivity index (χ2v) is 8.00. The third kappa shape index (κ3) is 2.86. The molecule has 0 spiro atoms. The molecule has 7 heteroatoms. The number of nitrogens with zero attached hydrogens (tertiary/aromatic N) is 1. The van der Waals surface area contributed by atoms with E-state index in [1.165, 1.54) is 15.6 Å². The van der Waals surface area contributed by atoms with Gasteiger partial charge < -0.3 is 5.32 Å². The Balaban J connectivity index is 1.85. The lowest BCUT2D eigenvalue weighted by Gasteiger charge is -2.18. The molecule has 0 radical (unpaired) electrons. The zero-order valence-corrected chi connectivity index (χ0v) is 13.7. The molecule has 2 aromatic rings. The van der Waals surface area contributed by atoms with E-state index in [0.717, 1.165) is 11.3 Å². The minimum atomic E-state index is -3.20. The summed E-state index contributed by atoms with van der Waals surface area (Å²) >= 11 is 1.51. The number of sulfonamides is 1. The third-order valence-corrected chi connectivity index (χ3v) is 6.17. The van der Waals surface area contributed by atoms with Crippen LogP contribution in [0, 0.1) is 6.92 Å². The Morgan fingerprint density at radius 2 is 2.14 bits per heavy atom. The number of rotatable bonds is 3. The molecule has 2 heterocycles. The van der Waals surface area contributed by atoms with E-state index in [0.29, 0.717) is 24.2 Å². The molecule has 0 saturated carbocycles. The van der Waals surface area contributed by atoms with Gasteiger partial charge in [0.1, 0.15) is 0 Å². The molecule has 1 saturated heterocycles. The van der Waals surface area contributed by atoms with Crippen molar-refractivity contribution in [3.8, 4) is 0 Å². The molecule has 22 heavy (non-hydrogen) atoms. The molecular weight excluding hydrogens is 320 g/mol. The fourth-order valence-corrected chi connectivity index (χ4v) is 4.67. The smallest absolute Gasteiger partial charge is 0.255 e. The van der Waals surface area contributed by atoms with Gasteiger partial charge in [-0.25, -0.2) is 8.42 Å². The van der Waals surface area contributed by atoms with Gasteiger partial charge in [-0.3, -0.25) is 9.10 Å². The molecule has 5 nitrogen and oxygen atoms in total. The lowest BCUT2D eigenvalue weighted by molar-refractivity contribution is 0.102. The maximum Gasteiger partial charge on any atom is 0.255 e. The van der Waals surface area contributed by atoms with Gasteiger partial charge in [-0.1, -0.05) is 0 Å².